The number of thiocarbonyl (C=S) groups is 1. The van der Waals surface area contributed by atoms with Crippen LogP contribution in [-0.4, -0.2) is 22.6 Å². The molecule has 1 aromatic rings. The number of hydrogen-bond acceptors (Lipinski definition) is 3. The quantitative estimate of drug-likeness (QED) is 0.769. The topological polar surface area (TPSA) is 42.1 Å². The molecule has 1 fully saturated rings. The lowest BCUT2D eigenvalue weighted by Gasteiger charge is -2.22. The van der Waals surface area contributed by atoms with Gasteiger partial charge in [0, 0.05) is 25.2 Å². The van der Waals surface area contributed by atoms with Gasteiger partial charge in [-0.1, -0.05) is 18.3 Å². The lowest BCUT2D eigenvalue weighted by atomic mass is 10.3. The summed E-state index contributed by atoms with van der Waals surface area (Å²) in [6, 6.07) is 6.63. The molecule has 0 spiro atoms. The summed E-state index contributed by atoms with van der Waals surface area (Å²) in [6.45, 7) is 0.886. The van der Waals surface area contributed by atoms with Gasteiger partial charge in [0.2, 0.25) is 0 Å². The number of hydrogen-bond donors (Lipinski definition) is 1. The predicted molar refractivity (Wildman–Crippen MR) is 66.0 cm³/mol. The van der Waals surface area contributed by atoms with Gasteiger partial charge in [-0.05, 0) is 25.0 Å². The molecule has 0 radical (unpaired) electrons. The van der Waals surface area contributed by atoms with Gasteiger partial charge < -0.3 is 10.6 Å². The molecule has 0 atom stereocenters. The first-order chi connectivity index (χ1) is 7.27. The predicted octanol–water partition coefficient (Wildman–Crippen LogP) is 1.73. The van der Waals surface area contributed by atoms with Crippen LogP contribution in [0.1, 0.15) is 19.3 Å². The van der Waals surface area contributed by atoms with Crippen LogP contribution in [0, 0.1) is 0 Å². The van der Waals surface area contributed by atoms with Gasteiger partial charge in [0.25, 0.3) is 0 Å². The fraction of sp³-hybridized carbons (Fsp3) is 0.455. The van der Waals surface area contributed by atoms with Crippen molar-refractivity contribution in [2.24, 2.45) is 5.73 Å². The van der Waals surface area contributed by atoms with Crippen molar-refractivity contribution >= 4 is 23.0 Å². The third-order valence-electron chi connectivity index (χ3n) is 2.53. The number of rotatable bonds is 5. The van der Waals surface area contributed by atoms with Crippen molar-refractivity contribution in [2.75, 3.05) is 11.4 Å². The monoisotopic (exact) mass is 221 g/mol. The van der Waals surface area contributed by atoms with E-state index >= 15 is 0 Å². The molecule has 1 heterocycles. The molecule has 1 saturated carbocycles. The second-order valence-corrected chi connectivity index (χ2v) is 4.35. The number of nitrogens with two attached hydrogens (primary N) is 1. The van der Waals surface area contributed by atoms with Crippen LogP contribution < -0.4 is 10.6 Å². The highest BCUT2D eigenvalue weighted by Crippen LogP contribution is 2.30. The second kappa shape index (κ2) is 4.57. The van der Waals surface area contributed by atoms with E-state index < -0.39 is 0 Å². The minimum absolute atomic E-state index is 0.580. The van der Waals surface area contributed by atoms with E-state index in [0.29, 0.717) is 11.0 Å². The molecular formula is C11H15N3S. The Kier molecular flexibility index (Phi) is 3.16. The van der Waals surface area contributed by atoms with Crippen LogP contribution in [0.2, 0.25) is 0 Å². The molecule has 2 rings (SSSR count). The molecule has 0 aliphatic heterocycles. The van der Waals surface area contributed by atoms with E-state index in [1.807, 2.05) is 24.4 Å². The van der Waals surface area contributed by atoms with Crippen molar-refractivity contribution in [1.82, 2.24) is 4.98 Å². The molecule has 1 aliphatic rings. The Morgan fingerprint density at radius 3 is 2.87 bits per heavy atom. The highest BCUT2D eigenvalue weighted by atomic mass is 32.1. The smallest absolute Gasteiger partial charge is 0.128 e. The highest BCUT2D eigenvalue weighted by Gasteiger charge is 2.29. The molecule has 0 bridgehead atoms. The Morgan fingerprint density at radius 1 is 1.53 bits per heavy atom. The Hall–Kier alpha value is -1.16. The summed E-state index contributed by atoms with van der Waals surface area (Å²) in [5, 5.41) is 0. The Bertz CT molecular complexity index is 335. The van der Waals surface area contributed by atoms with Crippen molar-refractivity contribution in [3.63, 3.8) is 0 Å². The number of aromatic nitrogens is 1. The number of nitrogens with zero attached hydrogens (tertiary/aromatic N) is 2. The van der Waals surface area contributed by atoms with Gasteiger partial charge in [-0.2, -0.15) is 0 Å². The van der Waals surface area contributed by atoms with Crippen LogP contribution in [0.25, 0.3) is 0 Å². The van der Waals surface area contributed by atoms with E-state index in [0.717, 1.165) is 18.8 Å². The van der Waals surface area contributed by atoms with Crippen LogP contribution >= 0.6 is 12.2 Å². The van der Waals surface area contributed by atoms with E-state index in [-0.39, 0.29) is 0 Å². The molecule has 1 aliphatic carbocycles. The lowest BCUT2D eigenvalue weighted by molar-refractivity contribution is 0.786. The van der Waals surface area contributed by atoms with Crippen molar-refractivity contribution in [3.05, 3.63) is 24.4 Å². The van der Waals surface area contributed by atoms with Crippen LogP contribution in [0.3, 0.4) is 0 Å². The van der Waals surface area contributed by atoms with E-state index in [1.165, 1.54) is 12.8 Å². The molecule has 4 heteroatoms. The second-order valence-electron chi connectivity index (χ2n) is 3.83. The normalized spacial score (nSPS) is 14.9. The summed E-state index contributed by atoms with van der Waals surface area (Å²) in [7, 11) is 0. The summed E-state index contributed by atoms with van der Waals surface area (Å²) >= 11 is 4.90. The van der Waals surface area contributed by atoms with E-state index in [4.69, 9.17) is 18.0 Å². The molecule has 15 heavy (non-hydrogen) atoms. The Balaban J connectivity index is 2.03. The average molecular weight is 221 g/mol. The van der Waals surface area contributed by atoms with Crippen molar-refractivity contribution in [3.8, 4) is 0 Å². The minimum Gasteiger partial charge on any atom is -0.393 e. The van der Waals surface area contributed by atoms with Crippen LogP contribution in [0.15, 0.2) is 24.4 Å². The molecule has 3 nitrogen and oxygen atoms in total. The summed E-state index contributed by atoms with van der Waals surface area (Å²) in [4.78, 5) is 7.24. The molecule has 2 N–H and O–H groups in total. The minimum atomic E-state index is 0.580. The van der Waals surface area contributed by atoms with Gasteiger partial charge in [0.05, 0.1) is 4.99 Å². The molecule has 0 amide bonds. The molecule has 0 unspecified atom stereocenters. The Morgan fingerprint density at radius 2 is 2.33 bits per heavy atom. The first kappa shape index (κ1) is 10.4. The lowest BCUT2D eigenvalue weighted by Crippen LogP contribution is -2.30. The van der Waals surface area contributed by atoms with Gasteiger partial charge in [-0.3, -0.25) is 0 Å². The first-order valence-electron chi connectivity index (χ1n) is 5.23. The average Bonchev–Trinajstić information content (AvgIpc) is 3.03. The molecule has 1 aromatic heterocycles. The van der Waals surface area contributed by atoms with Gasteiger partial charge in [-0.25, -0.2) is 4.98 Å². The van der Waals surface area contributed by atoms with Gasteiger partial charge in [0.1, 0.15) is 5.82 Å². The largest absolute Gasteiger partial charge is 0.393 e. The molecule has 0 saturated heterocycles. The fourth-order valence-corrected chi connectivity index (χ4v) is 1.72. The molecular weight excluding hydrogens is 206 g/mol. The summed E-state index contributed by atoms with van der Waals surface area (Å²) in [5.41, 5.74) is 5.52. The first-order valence-corrected chi connectivity index (χ1v) is 5.64. The number of pyridine rings is 1. The zero-order valence-electron chi connectivity index (χ0n) is 8.60. The van der Waals surface area contributed by atoms with Crippen molar-refractivity contribution < 1.29 is 0 Å². The zero-order chi connectivity index (χ0) is 10.7. The Labute approximate surface area is 95.3 Å². The third kappa shape index (κ3) is 2.89. The fourth-order valence-electron chi connectivity index (χ4n) is 1.62. The maximum atomic E-state index is 5.52. The van der Waals surface area contributed by atoms with E-state index in [9.17, 15) is 0 Å². The zero-order valence-corrected chi connectivity index (χ0v) is 9.41. The van der Waals surface area contributed by atoms with Gasteiger partial charge in [-0.15, -0.1) is 0 Å². The number of anilines is 1. The van der Waals surface area contributed by atoms with Crippen molar-refractivity contribution in [2.45, 2.75) is 25.3 Å². The summed E-state index contributed by atoms with van der Waals surface area (Å²) in [6.07, 6.45) is 5.11. The molecule has 80 valence electrons. The maximum absolute atomic E-state index is 5.52. The SMILES string of the molecule is NC(=S)CCN(c1ccccn1)C1CC1. The highest BCUT2D eigenvalue weighted by molar-refractivity contribution is 7.80. The van der Waals surface area contributed by atoms with Crippen molar-refractivity contribution in [1.29, 1.82) is 0 Å². The summed E-state index contributed by atoms with van der Waals surface area (Å²) in [5.74, 6) is 1.04. The van der Waals surface area contributed by atoms with Crippen LogP contribution in [-0.2, 0) is 0 Å². The van der Waals surface area contributed by atoms with Gasteiger partial charge in [0.15, 0.2) is 0 Å². The van der Waals surface area contributed by atoms with Crippen LogP contribution in [0.5, 0.6) is 0 Å². The standard InChI is InChI=1S/C11H15N3S/c12-10(15)6-8-14(9-4-5-9)11-3-1-2-7-13-11/h1-3,7,9H,4-6,8H2,(H2,12,15). The maximum Gasteiger partial charge on any atom is 0.128 e. The molecule has 0 aromatic carbocycles. The van der Waals surface area contributed by atoms with E-state index in [2.05, 4.69) is 9.88 Å². The third-order valence-corrected chi connectivity index (χ3v) is 2.73. The summed E-state index contributed by atoms with van der Waals surface area (Å²) < 4.78 is 0. The van der Waals surface area contributed by atoms with Gasteiger partial charge >= 0.3 is 0 Å². The van der Waals surface area contributed by atoms with Crippen LogP contribution in [0.4, 0.5) is 5.82 Å². The van der Waals surface area contributed by atoms with E-state index in [1.54, 1.807) is 0 Å².